The van der Waals surface area contributed by atoms with Gasteiger partial charge in [0.05, 0.1) is 12.7 Å². The number of ether oxygens (including phenoxy) is 1. The van der Waals surface area contributed by atoms with E-state index in [0.717, 1.165) is 5.56 Å². The van der Waals surface area contributed by atoms with Crippen LogP contribution in [0.3, 0.4) is 0 Å². The van der Waals surface area contributed by atoms with Gasteiger partial charge in [-0.05, 0) is 30.5 Å². The van der Waals surface area contributed by atoms with Crippen LogP contribution in [0.5, 0.6) is 0 Å². The van der Waals surface area contributed by atoms with Gasteiger partial charge in [0, 0.05) is 25.4 Å². The van der Waals surface area contributed by atoms with Gasteiger partial charge in [-0.1, -0.05) is 25.4 Å². The highest BCUT2D eigenvalue weighted by atomic mass is 35.5. The third-order valence-corrected chi connectivity index (χ3v) is 2.88. The summed E-state index contributed by atoms with van der Waals surface area (Å²) in [7, 11) is 0. The van der Waals surface area contributed by atoms with Crippen LogP contribution in [0.15, 0.2) is 18.3 Å². The molecule has 1 aromatic heterocycles. The van der Waals surface area contributed by atoms with E-state index in [1.165, 1.54) is 0 Å². The molecule has 0 saturated carbocycles. The minimum absolute atomic E-state index is 0.111. The molecular weight excluding hydrogens is 264 g/mol. The van der Waals surface area contributed by atoms with Gasteiger partial charge in [-0.3, -0.25) is 0 Å². The van der Waals surface area contributed by atoms with Crippen molar-refractivity contribution < 1.29 is 9.84 Å². The third kappa shape index (κ3) is 6.87. The van der Waals surface area contributed by atoms with Gasteiger partial charge in [-0.15, -0.1) is 0 Å². The van der Waals surface area contributed by atoms with E-state index in [4.69, 9.17) is 16.3 Å². The van der Waals surface area contributed by atoms with Crippen molar-refractivity contribution in [3.63, 3.8) is 0 Å². The molecule has 1 aromatic rings. The van der Waals surface area contributed by atoms with Gasteiger partial charge in [0.25, 0.3) is 0 Å². The molecule has 0 aromatic carbocycles. The van der Waals surface area contributed by atoms with E-state index in [9.17, 15) is 5.11 Å². The molecule has 0 radical (unpaired) electrons. The Kier molecular flexibility index (Phi) is 7.31. The smallest absolute Gasteiger partial charge is 0.129 e. The summed E-state index contributed by atoms with van der Waals surface area (Å²) in [5, 5.41) is 13.5. The Balaban J connectivity index is 2.27. The zero-order valence-corrected chi connectivity index (χ0v) is 12.5. The lowest BCUT2D eigenvalue weighted by molar-refractivity contribution is 0.0252. The van der Waals surface area contributed by atoms with Crippen molar-refractivity contribution in [3.8, 4) is 0 Å². The number of rotatable bonds is 8. The Morgan fingerprint density at radius 3 is 2.74 bits per heavy atom. The number of nitrogens with zero attached hydrogens (tertiary/aromatic N) is 1. The molecule has 0 fully saturated rings. The molecule has 108 valence electrons. The van der Waals surface area contributed by atoms with Crippen LogP contribution in [0.4, 0.5) is 0 Å². The van der Waals surface area contributed by atoms with Crippen molar-refractivity contribution in [2.75, 3.05) is 19.8 Å². The average molecular weight is 287 g/mol. The van der Waals surface area contributed by atoms with Crippen LogP contribution in [0, 0.1) is 5.92 Å². The van der Waals surface area contributed by atoms with Crippen molar-refractivity contribution in [2.45, 2.75) is 32.9 Å². The quantitative estimate of drug-likeness (QED) is 0.721. The Hall–Kier alpha value is -0.680. The van der Waals surface area contributed by atoms with Crippen molar-refractivity contribution in [1.82, 2.24) is 10.3 Å². The fourth-order valence-corrected chi connectivity index (χ4v) is 1.80. The molecule has 0 bridgehead atoms. The van der Waals surface area contributed by atoms with E-state index in [1.807, 2.05) is 19.1 Å². The first-order valence-corrected chi connectivity index (χ1v) is 6.97. The largest absolute Gasteiger partial charge is 0.389 e. The molecule has 0 spiro atoms. The second-order valence-electron chi connectivity index (χ2n) is 5.13. The molecule has 1 rings (SSSR count). The summed E-state index contributed by atoms with van der Waals surface area (Å²) in [6, 6.07) is 3.84. The van der Waals surface area contributed by atoms with Gasteiger partial charge in [-0.2, -0.15) is 0 Å². The number of aliphatic hydroxyl groups is 1. The molecule has 4 nitrogen and oxygen atoms in total. The number of aromatic nitrogens is 1. The van der Waals surface area contributed by atoms with Crippen LogP contribution >= 0.6 is 11.6 Å². The second kappa shape index (κ2) is 8.48. The fourth-order valence-electron chi connectivity index (χ4n) is 1.62. The monoisotopic (exact) mass is 286 g/mol. The second-order valence-corrected chi connectivity index (χ2v) is 5.51. The summed E-state index contributed by atoms with van der Waals surface area (Å²) >= 11 is 5.84. The van der Waals surface area contributed by atoms with Gasteiger partial charge >= 0.3 is 0 Å². The molecule has 0 aliphatic carbocycles. The summed E-state index contributed by atoms with van der Waals surface area (Å²) in [6.45, 7) is 7.70. The topological polar surface area (TPSA) is 54.4 Å². The molecular formula is C14H23ClN2O2. The highest BCUT2D eigenvalue weighted by Crippen LogP contribution is 2.14. The number of nitrogens with one attached hydrogen (secondary N) is 1. The maximum Gasteiger partial charge on any atom is 0.129 e. The van der Waals surface area contributed by atoms with Gasteiger partial charge in [0.1, 0.15) is 5.15 Å². The highest BCUT2D eigenvalue weighted by molar-refractivity contribution is 6.29. The Morgan fingerprint density at radius 2 is 2.11 bits per heavy atom. The summed E-state index contributed by atoms with van der Waals surface area (Å²) in [6.07, 6.45) is 1.18. The summed E-state index contributed by atoms with van der Waals surface area (Å²) in [4.78, 5) is 3.94. The van der Waals surface area contributed by atoms with Crippen molar-refractivity contribution in [1.29, 1.82) is 0 Å². The number of halogens is 1. The minimum atomic E-state index is -0.501. The Morgan fingerprint density at radius 1 is 1.37 bits per heavy atom. The number of hydrogen-bond acceptors (Lipinski definition) is 4. The van der Waals surface area contributed by atoms with Gasteiger partial charge in [0.2, 0.25) is 0 Å². The summed E-state index contributed by atoms with van der Waals surface area (Å²) in [5.74, 6) is 0.484. The van der Waals surface area contributed by atoms with Crippen molar-refractivity contribution in [2.24, 2.45) is 5.92 Å². The molecule has 2 atom stereocenters. The van der Waals surface area contributed by atoms with Crippen molar-refractivity contribution >= 4 is 11.6 Å². The summed E-state index contributed by atoms with van der Waals surface area (Å²) < 4.78 is 5.39. The zero-order valence-electron chi connectivity index (χ0n) is 11.8. The molecule has 0 amide bonds. The van der Waals surface area contributed by atoms with E-state index in [-0.39, 0.29) is 6.04 Å². The average Bonchev–Trinajstić information content (AvgIpc) is 2.35. The zero-order chi connectivity index (χ0) is 14.3. The van der Waals surface area contributed by atoms with Gasteiger partial charge < -0.3 is 15.2 Å². The lowest BCUT2D eigenvalue weighted by Crippen LogP contribution is -2.32. The van der Waals surface area contributed by atoms with Gasteiger partial charge in [0.15, 0.2) is 0 Å². The third-order valence-electron chi connectivity index (χ3n) is 2.67. The minimum Gasteiger partial charge on any atom is -0.389 e. The molecule has 0 aliphatic rings. The predicted molar refractivity (Wildman–Crippen MR) is 77.3 cm³/mol. The Bertz CT molecular complexity index is 374. The Labute approximate surface area is 120 Å². The lowest BCUT2D eigenvalue weighted by atomic mass is 10.1. The van der Waals surface area contributed by atoms with Crippen molar-refractivity contribution in [3.05, 3.63) is 29.0 Å². The SMILES string of the molecule is CC(C)COCC(O)CNC(C)c1ccnc(Cl)c1. The van der Waals surface area contributed by atoms with Crippen LogP contribution in [-0.2, 0) is 4.74 Å². The van der Waals surface area contributed by atoms with E-state index >= 15 is 0 Å². The molecule has 2 N–H and O–H groups in total. The van der Waals surface area contributed by atoms with Crippen LogP contribution in [0.1, 0.15) is 32.4 Å². The lowest BCUT2D eigenvalue weighted by Gasteiger charge is -2.18. The first-order chi connectivity index (χ1) is 8.99. The fraction of sp³-hybridized carbons (Fsp3) is 0.643. The van der Waals surface area contributed by atoms with Crippen LogP contribution in [0.25, 0.3) is 0 Å². The molecule has 2 unspecified atom stereocenters. The van der Waals surface area contributed by atoms with Crippen LogP contribution in [0.2, 0.25) is 5.15 Å². The van der Waals surface area contributed by atoms with E-state index < -0.39 is 6.10 Å². The van der Waals surface area contributed by atoms with Crippen LogP contribution in [-0.4, -0.2) is 36.0 Å². The summed E-state index contributed by atoms with van der Waals surface area (Å²) in [5.41, 5.74) is 1.05. The highest BCUT2D eigenvalue weighted by Gasteiger charge is 2.09. The maximum atomic E-state index is 9.79. The normalized spacial score (nSPS) is 14.6. The predicted octanol–water partition coefficient (Wildman–Crippen LogP) is 2.42. The van der Waals surface area contributed by atoms with E-state index in [0.29, 0.717) is 30.8 Å². The molecule has 5 heteroatoms. The molecule has 0 saturated heterocycles. The number of hydrogen-bond donors (Lipinski definition) is 2. The standard InChI is InChI=1S/C14H23ClN2O2/c1-10(2)8-19-9-13(18)7-17-11(3)12-4-5-16-14(15)6-12/h4-6,10-11,13,17-18H,7-9H2,1-3H3. The van der Waals surface area contributed by atoms with E-state index in [1.54, 1.807) is 6.20 Å². The van der Waals surface area contributed by atoms with E-state index in [2.05, 4.69) is 24.1 Å². The first-order valence-electron chi connectivity index (χ1n) is 6.59. The van der Waals surface area contributed by atoms with Gasteiger partial charge in [-0.25, -0.2) is 4.98 Å². The van der Waals surface area contributed by atoms with Crippen LogP contribution < -0.4 is 5.32 Å². The number of aliphatic hydroxyl groups excluding tert-OH is 1. The molecule has 0 aliphatic heterocycles. The number of pyridine rings is 1. The molecule has 1 heterocycles. The maximum absolute atomic E-state index is 9.79. The molecule has 19 heavy (non-hydrogen) atoms. The first kappa shape index (κ1) is 16.4.